The Morgan fingerprint density at radius 2 is 2.00 bits per heavy atom. The van der Waals surface area contributed by atoms with E-state index in [0.717, 1.165) is 48.2 Å². The number of fused-ring (bicyclic) bond motifs is 1. The second kappa shape index (κ2) is 6.78. The summed E-state index contributed by atoms with van der Waals surface area (Å²) in [5.41, 5.74) is 1.66. The first-order valence-corrected chi connectivity index (χ1v) is 11.2. The third kappa shape index (κ3) is 3.26. The fourth-order valence-corrected chi connectivity index (χ4v) is 4.99. The van der Waals surface area contributed by atoms with Crippen LogP contribution in [0.3, 0.4) is 0 Å². The lowest BCUT2D eigenvalue weighted by molar-refractivity contribution is -0.0800. The number of benzene rings is 1. The number of ether oxygens (including phenoxy) is 2. The van der Waals surface area contributed by atoms with Crippen LogP contribution in [0, 0.1) is 5.41 Å². The van der Waals surface area contributed by atoms with Gasteiger partial charge in [0.1, 0.15) is 5.60 Å². The molecule has 2 saturated heterocycles. The molecule has 1 amide bonds. The Morgan fingerprint density at radius 1 is 1.22 bits per heavy atom. The molecule has 3 aliphatic rings. The number of carbonyl (C=O) groups is 1. The van der Waals surface area contributed by atoms with Crippen LogP contribution in [-0.2, 0) is 9.47 Å². The molecular weight excluding hydrogens is 410 g/mol. The molecule has 2 aliphatic heterocycles. The van der Waals surface area contributed by atoms with Crippen molar-refractivity contribution >= 4 is 17.0 Å². The van der Waals surface area contributed by atoms with Crippen molar-refractivity contribution in [2.75, 3.05) is 26.3 Å². The van der Waals surface area contributed by atoms with Crippen molar-refractivity contribution < 1.29 is 18.8 Å². The molecule has 0 N–H and O–H groups in total. The maximum Gasteiger partial charge on any atom is 0.410 e. The molecule has 0 atom stereocenters. The second-order valence-corrected chi connectivity index (χ2v) is 10.5. The van der Waals surface area contributed by atoms with Gasteiger partial charge in [0.25, 0.3) is 5.89 Å². The minimum atomic E-state index is -0.463. The van der Waals surface area contributed by atoms with E-state index in [1.54, 1.807) is 4.90 Å². The van der Waals surface area contributed by atoms with Crippen molar-refractivity contribution in [2.24, 2.45) is 5.41 Å². The molecule has 2 aromatic heterocycles. The lowest BCUT2D eigenvalue weighted by atomic mass is 9.57. The maximum atomic E-state index is 12.2. The van der Waals surface area contributed by atoms with Crippen LogP contribution in [0.4, 0.5) is 4.79 Å². The fraction of sp³-hybridized carbons (Fsp3) is 0.565. The SMILES string of the molecule is CC(C)(C)OC(=O)N1CC2(CC(c3noc(-c4ccc5cnn(C6COC6)c5c4)n3)C2)C1. The molecule has 0 unspecified atom stereocenters. The average Bonchev–Trinajstić information content (AvgIpc) is 3.24. The topological polar surface area (TPSA) is 95.5 Å². The zero-order chi connectivity index (χ0) is 22.1. The highest BCUT2D eigenvalue weighted by molar-refractivity contribution is 5.83. The van der Waals surface area contributed by atoms with Gasteiger partial charge in [-0.25, -0.2) is 4.79 Å². The van der Waals surface area contributed by atoms with Gasteiger partial charge in [0.2, 0.25) is 0 Å². The summed E-state index contributed by atoms with van der Waals surface area (Å²) >= 11 is 0. The molecule has 1 spiro atoms. The first-order chi connectivity index (χ1) is 15.3. The molecule has 1 aromatic carbocycles. The minimum absolute atomic E-state index is 0.179. The number of carbonyl (C=O) groups excluding carboxylic acids is 1. The molecule has 0 radical (unpaired) electrons. The standard InChI is InChI=1S/C23H27N5O4/c1-22(2,3)31-21(29)27-12-23(13-27)7-16(8-23)19-25-20(32-26-19)14-4-5-15-9-24-28(18(15)6-14)17-10-30-11-17/h4-6,9,16-17H,7-8,10-13H2,1-3H3. The first-order valence-electron chi connectivity index (χ1n) is 11.2. The van der Waals surface area contributed by atoms with Crippen LogP contribution < -0.4 is 0 Å². The Hall–Kier alpha value is -2.94. The highest BCUT2D eigenvalue weighted by atomic mass is 16.6. The number of likely N-dealkylation sites (tertiary alicyclic amines) is 1. The van der Waals surface area contributed by atoms with Gasteiger partial charge in [-0.3, -0.25) is 4.68 Å². The van der Waals surface area contributed by atoms with Crippen LogP contribution in [-0.4, -0.2) is 62.8 Å². The van der Waals surface area contributed by atoms with Crippen LogP contribution in [0.2, 0.25) is 0 Å². The van der Waals surface area contributed by atoms with Crippen LogP contribution in [0.25, 0.3) is 22.4 Å². The Bertz CT molecular complexity index is 1170. The summed E-state index contributed by atoms with van der Waals surface area (Å²) < 4.78 is 18.4. The monoisotopic (exact) mass is 437 g/mol. The fourth-order valence-electron chi connectivity index (χ4n) is 4.99. The van der Waals surface area contributed by atoms with Crippen LogP contribution >= 0.6 is 0 Å². The van der Waals surface area contributed by atoms with E-state index in [1.165, 1.54) is 0 Å². The van der Waals surface area contributed by atoms with Gasteiger partial charge in [-0.15, -0.1) is 0 Å². The summed E-state index contributed by atoms with van der Waals surface area (Å²) in [7, 11) is 0. The van der Waals surface area contributed by atoms with Gasteiger partial charge in [0, 0.05) is 35.4 Å². The number of rotatable bonds is 3. The van der Waals surface area contributed by atoms with E-state index in [2.05, 4.69) is 16.3 Å². The number of aromatic nitrogens is 4. The molecule has 9 nitrogen and oxygen atoms in total. The molecule has 9 heteroatoms. The zero-order valence-electron chi connectivity index (χ0n) is 18.6. The van der Waals surface area contributed by atoms with Gasteiger partial charge in [-0.1, -0.05) is 11.2 Å². The summed E-state index contributed by atoms with van der Waals surface area (Å²) in [4.78, 5) is 18.7. The summed E-state index contributed by atoms with van der Waals surface area (Å²) in [6, 6.07) is 6.38. The third-order valence-electron chi connectivity index (χ3n) is 6.68. The smallest absolute Gasteiger partial charge is 0.410 e. The molecule has 1 saturated carbocycles. The highest BCUT2D eigenvalue weighted by Crippen LogP contribution is 2.55. The molecule has 0 bridgehead atoms. The maximum absolute atomic E-state index is 12.2. The van der Waals surface area contributed by atoms with E-state index in [1.807, 2.05) is 43.8 Å². The zero-order valence-corrected chi connectivity index (χ0v) is 18.6. The van der Waals surface area contributed by atoms with E-state index in [4.69, 9.17) is 19.0 Å². The summed E-state index contributed by atoms with van der Waals surface area (Å²) in [6.45, 7) is 8.55. The van der Waals surface area contributed by atoms with E-state index in [0.29, 0.717) is 19.1 Å². The van der Waals surface area contributed by atoms with Gasteiger partial charge < -0.3 is 18.9 Å². The molecule has 1 aliphatic carbocycles. The molecular formula is C23H27N5O4. The van der Waals surface area contributed by atoms with Crippen molar-refractivity contribution in [3.05, 3.63) is 30.2 Å². The number of hydrogen-bond donors (Lipinski definition) is 0. The van der Waals surface area contributed by atoms with Gasteiger partial charge in [-0.2, -0.15) is 10.1 Å². The number of nitrogens with zero attached hydrogens (tertiary/aromatic N) is 5. The minimum Gasteiger partial charge on any atom is -0.444 e. The van der Waals surface area contributed by atoms with Crippen molar-refractivity contribution in [3.63, 3.8) is 0 Å². The average molecular weight is 438 g/mol. The highest BCUT2D eigenvalue weighted by Gasteiger charge is 2.55. The van der Waals surface area contributed by atoms with Crippen molar-refractivity contribution in [1.82, 2.24) is 24.8 Å². The lowest BCUT2D eigenvalue weighted by Crippen LogP contribution is -2.63. The van der Waals surface area contributed by atoms with Crippen LogP contribution in [0.15, 0.2) is 28.9 Å². The van der Waals surface area contributed by atoms with Crippen molar-refractivity contribution in [1.29, 1.82) is 0 Å². The van der Waals surface area contributed by atoms with E-state index in [-0.39, 0.29) is 23.5 Å². The summed E-state index contributed by atoms with van der Waals surface area (Å²) in [6.07, 6.45) is 3.60. The Morgan fingerprint density at radius 3 is 2.69 bits per heavy atom. The molecule has 3 fully saturated rings. The molecule has 168 valence electrons. The third-order valence-corrected chi connectivity index (χ3v) is 6.68. The van der Waals surface area contributed by atoms with Crippen LogP contribution in [0.5, 0.6) is 0 Å². The van der Waals surface area contributed by atoms with Crippen molar-refractivity contribution in [3.8, 4) is 11.5 Å². The molecule has 3 aromatic rings. The Balaban J connectivity index is 1.11. The predicted octanol–water partition coefficient (Wildman–Crippen LogP) is 3.77. The number of hydrogen-bond acceptors (Lipinski definition) is 7. The van der Waals surface area contributed by atoms with Crippen molar-refractivity contribution in [2.45, 2.75) is 51.2 Å². The van der Waals surface area contributed by atoms with Gasteiger partial charge in [0.15, 0.2) is 5.82 Å². The van der Waals surface area contributed by atoms with Gasteiger partial charge in [0.05, 0.1) is 31.0 Å². The lowest BCUT2D eigenvalue weighted by Gasteiger charge is -2.58. The normalized spacial score (nSPS) is 20.8. The van der Waals surface area contributed by atoms with Gasteiger partial charge >= 0.3 is 6.09 Å². The predicted molar refractivity (Wildman–Crippen MR) is 115 cm³/mol. The van der Waals surface area contributed by atoms with E-state index in [9.17, 15) is 4.79 Å². The Kier molecular flexibility index (Phi) is 4.18. The largest absolute Gasteiger partial charge is 0.444 e. The Labute approximate surface area is 185 Å². The molecule has 6 rings (SSSR count). The van der Waals surface area contributed by atoms with E-state index < -0.39 is 5.60 Å². The second-order valence-electron chi connectivity index (χ2n) is 10.5. The summed E-state index contributed by atoms with van der Waals surface area (Å²) in [5, 5.41) is 9.85. The van der Waals surface area contributed by atoms with E-state index >= 15 is 0 Å². The molecule has 32 heavy (non-hydrogen) atoms. The van der Waals surface area contributed by atoms with Gasteiger partial charge in [-0.05, 0) is 45.7 Å². The quantitative estimate of drug-likeness (QED) is 0.615. The molecule has 4 heterocycles. The number of amides is 1. The first kappa shape index (κ1) is 19.7. The summed E-state index contributed by atoms with van der Waals surface area (Å²) in [5.74, 6) is 1.56. The van der Waals surface area contributed by atoms with Crippen LogP contribution in [0.1, 0.15) is 51.4 Å².